The van der Waals surface area contributed by atoms with Gasteiger partial charge in [0.15, 0.2) is 0 Å². The highest BCUT2D eigenvalue weighted by Gasteiger charge is 2.18. The maximum absolute atomic E-state index is 12.9. The third kappa shape index (κ3) is 4.70. The van der Waals surface area contributed by atoms with Gasteiger partial charge in [-0.3, -0.25) is 9.59 Å². The number of aromatic amines is 1. The highest BCUT2D eigenvalue weighted by molar-refractivity contribution is 5.96. The van der Waals surface area contributed by atoms with Crippen molar-refractivity contribution in [3.05, 3.63) is 46.4 Å². The summed E-state index contributed by atoms with van der Waals surface area (Å²) in [6, 6.07) is 9.14. The van der Waals surface area contributed by atoms with Crippen molar-refractivity contribution >= 4 is 16.7 Å². The molecule has 24 heavy (non-hydrogen) atoms. The van der Waals surface area contributed by atoms with Gasteiger partial charge >= 0.3 is 0 Å². The maximum Gasteiger partial charge on any atom is 0.270 e. The predicted molar refractivity (Wildman–Crippen MR) is 99.4 cm³/mol. The van der Waals surface area contributed by atoms with Gasteiger partial charge in [0, 0.05) is 18.5 Å². The Labute approximate surface area is 143 Å². The van der Waals surface area contributed by atoms with Crippen LogP contribution in [0.2, 0.25) is 0 Å². The van der Waals surface area contributed by atoms with Gasteiger partial charge in [-0.2, -0.15) is 0 Å². The third-order valence-electron chi connectivity index (χ3n) is 4.22. The molecule has 0 radical (unpaired) electrons. The van der Waals surface area contributed by atoms with Crippen LogP contribution in [-0.4, -0.2) is 28.9 Å². The summed E-state index contributed by atoms with van der Waals surface area (Å²) in [7, 11) is 0. The van der Waals surface area contributed by atoms with Crippen molar-refractivity contribution in [2.24, 2.45) is 11.8 Å². The topological polar surface area (TPSA) is 53.2 Å². The number of amides is 1. The number of carbonyl (C=O) groups is 1. The number of benzene rings is 1. The summed E-state index contributed by atoms with van der Waals surface area (Å²) in [5.74, 6) is 0.990. The number of rotatable bonds is 7. The highest BCUT2D eigenvalue weighted by Crippen LogP contribution is 2.14. The zero-order valence-corrected chi connectivity index (χ0v) is 15.1. The molecule has 1 N–H and O–H groups in total. The van der Waals surface area contributed by atoms with E-state index in [4.69, 9.17) is 0 Å². The van der Waals surface area contributed by atoms with Gasteiger partial charge in [0.2, 0.25) is 0 Å². The molecular formula is C20H28N2O2. The monoisotopic (exact) mass is 328 g/mol. The Hall–Kier alpha value is -2.10. The number of H-pyrrole nitrogens is 1. The number of hydrogen-bond acceptors (Lipinski definition) is 2. The molecule has 0 atom stereocenters. The molecule has 0 aliphatic heterocycles. The van der Waals surface area contributed by atoms with Gasteiger partial charge in [-0.05, 0) is 42.2 Å². The van der Waals surface area contributed by atoms with Crippen molar-refractivity contribution in [3.8, 4) is 0 Å². The lowest BCUT2D eigenvalue weighted by Gasteiger charge is -2.24. The number of fused-ring (bicyclic) bond motifs is 1. The standard InChI is InChI=1S/C20H28N2O2/c1-14(2)9-11-22(12-10-15(3)4)20(24)18-13-16-7-5-6-8-17(16)19(23)21-18/h5-8,13-15H,9-12H2,1-4H3,(H,21,23). The SMILES string of the molecule is CC(C)CCN(CCC(C)C)C(=O)c1cc2ccccc2c(=O)[nH]1. The Balaban J connectivity index is 2.28. The zero-order valence-electron chi connectivity index (χ0n) is 15.1. The number of carbonyl (C=O) groups excluding carboxylic acids is 1. The minimum Gasteiger partial charge on any atom is -0.337 e. The van der Waals surface area contributed by atoms with Crippen molar-refractivity contribution in [2.45, 2.75) is 40.5 Å². The number of aromatic nitrogens is 1. The number of pyridine rings is 1. The van der Waals surface area contributed by atoms with Crippen LogP contribution in [0.25, 0.3) is 10.8 Å². The molecule has 2 rings (SSSR count). The van der Waals surface area contributed by atoms with E-state index in [0.717, 1.165) is 31.3 Å². The van der Waals surface area contributed by atoms with Crippen LogP contribution in [0.3, 0.4) is 0 Å². The normalized spacial score (nSPS) is 11.4. The van der Waals surface area contributed by atoms with Crippen LogP contribution in [0, 0.1) is 11.8 Å². The lowest BCUT2D eigenvalue weighted by atomic mass is 10.1. The van der Waals surface area contributed by atoms with Crippen molar-refractivity contribution in [2.75, 3.05) is 13.1 Å². The average molecular weight is 328 g/mol. The van der Waals surface area contributed by atoms with Crippen molar-refractivity contribution in [1.82, 2.24) is 9.88 Å². The van der Waals surface area contributed by atoms with E-state index >= 15 is 0 Å². The molecule has 4 nitrogen and oxygen atoms in total. The van der Waals surface area contributed by atoms with Gasteiger partial charge in [0.25, 0.3) is 11.5 Å². The summed E-state index contributed by atoms with van der Waals surface area (Å²) in [6.07, 6.45) is 1.92. The summed E-state index contributed by atoms with van der Waals surface area (Å²) in [5, 5.41) is 1.42. The number of nitrogens with zero attached hydrogens (tertiary/aromatic N) is 1. The molecular weight excluding hydrogens is 300 g/mol. The second kappa shape index (κ2) is 8.13. The Bertz CT molecular complexity index is 735. The van der Waals surface area contributed by atoms with E-state index in [9.17, 15) is 9.59 Å². The molecule has 0 bridgehead atoms. The molecule has 1 heterocycles. The van der Waals surface area contributed by atoms with E-state index in [1.54, 1.807) is 12.1 Å². The van der Waals surface area contributed by atoms with E-state index in [-0.39, 0.29) is 11.5 Å². The first-order valence-corrected chi connectivity index (χ1v) is 8.79. The first kappa shape index (κ1) is 18.2. The Morgan fingerprint density at radius 3 is 2.21 bits per heavy atom. The van der Waals surface area contributed by atoms with Gasteiger partial charge < -0.3 is 9.88 Å². The van der Waals surface area contributed by atoms with E-state index in [0.29, 0.717) is 22.9 Å². The van der Waals surface area contributed by atoms with Gasteiger partial charge in [-0.1, -0.05) is 45.9 Å². The first-order valence-electron chi connectivity index (χ1n) is 8.79. The lowest BCUT2D eigenvalue weighted by Crippen LogP contribution is -2.35. The molecule has 4 heteroatoms. The van der Waals surface area contributed by atoms with Crippen LogP contribution in [0.4, 0.5) is 0 Å². The van der Waals surface area contributed by atoms with Crippen LogP contribution in [0.15, 0.2) is 35.1 Å². The lowest BCUT2D eigenvalue weighted by molar-refractivity contribution is 0.0735. The van der Waals surface area contributed by atoms with E-state index in [1.807, 2.05) is 23.1 Å². The largest absolute Gasteiger partial charge is 0.337 e. The van der Waals surface area contributed by atoms with Crippen LogP contribution in [0.5, 0.6) is 0 Å². The predicted octanol–water partition coefficient (Wildman–Crippen LogP) is 4.06. The van der Waals surface area contributed by atoms with Gasteiger partial charge in [-0.25, -0.2) is 0 Å². The molecule has 0 spiro atoms. The quantitative estimate of drug-likeness (QED) is 0.833. The summed E-state index contributed by atoms with van der Waals surface area (Å²) in [6.45, 7) is 10.1. The summed E-state index contributed by atoms with van der Waals surface area (Å²) in [4.78, 5) is 29.8. The second-order valence-electron chi connectivity index (χ2n) is 7.26. The van der Waals surface area contributed by atoms with E-state index in [2.05, 4.69) is 32.7 Å². The smallest absolute Gasteiger partial charge is 0.270 e. The summed E-state index contributed by atoms with van der Waals surface area (Å²) >= 11 is 0. The van der Waals surface area contributed by atoms with Crippen LogP contribution < -0.4 is 5.56 Å². The van der Waals surface area contributed by atoms with E-state index < -0.39 is 0 Å². The summed E-state index contributed by atoms with van der Waals surface area (Å²) < 4.78 is 0. The fraction of sp³-hybridized carbons (Fsp3) is 0.500. The highest BCUT2D eigenvalue weighted by atomic mass is 16.2. The van der Waals surface area contributed by atoms with Gasteiger partial charge in [0.1, 0.15) is 5.69 Å². The Morgan fingerprint density at radius 2 is 1.62 bits per heavy atom. The fourth-order valence-corrected chi connectivity index (χ4v) is 2.64. The minimum absolute atomic E-state index is 0.0841. The van der Waals surface area contributed by atoms with Crippen LogP contribution in [0.1, 0.15) is 51.0 Å². The van der Waals surface area contributed by atoms with Gasteiger partial charge in [-0.15, -0.1) is 0 Å². The molecule has 0 aliphatic rings. The minimum atomic E-state index is -0.205. The molecule has 0 saturated carbocycles. The number of nitrogens with one attached hydrogen (secondary N) is 1. The molecule has 0 aliphatic carbocycles. The molecule has 0 saturated heterocycles. The molecule has 1 aromatic heterocycles. The maximum atomic E-state index is 12.9. The van der Waals surface area contributed by atoms with Crippen molar-refractivity contribution < 1.29 is 4.79 Å². The van der Waals surface area contributed by atoms with Crippen molar-refractivity contribution in [3.63, 3.8) is 0 Å². The first-order chi connectivity index (χ1) is 11.4. The number of hydrogen-bond donors (Lipinski definition) is 1. The Morgan fingerprint density at radius 1 is 1.04 bits per heavy atom. The second-order valence-corrected chi connectivity index (χ2v) is 7.26. The van der Waals surface area contributed by atoms with E-state index in [1.165, 1.54) is 0 Å². The zero-order chi connectivity index (χ0) is 17.7. The van der Waals surface area contributed by atoms with Gasteiger partial charge in [0.05, 0.1) is 0 Å². The summed E-state index contributed by atoms with van der Waals surface area (Å²) in [5.41, 5.74) is 0.176. The molecule has 0 fully saturated rings. The third-order valence-corrected chi connectivity index (χ3v) is 4.22. The molecule has 1 amide bonds. The molecule has 0 unspecified atom stereocenters. The Kier molecular flexibility index (Phi) is 6.18. The van der Waals surface area contributed by atoms with Crippen molar-refractivity contribution in [1.29, 1.82) is 0 Å². The van der Waals surface area contributed by atoms with Crippen LogP contribution in [-0.2, 0) is 0 Å². The average Bonchev–Trinajstić information content (AvgIpc) is 2.54. The molecule has 1 aromatic carbocycles. The molecule has 130 valence electrons. The van der Waals surface area contributed by atoms with Crippen LogP contribution >= 0.6 is 0 Å². The fourth-order valence-electron chi connectivity index (χ4n) is 2.64. The molecule has 2 aromatic rings.